The summed E-state index contributed by atoms with van der Waals surface area (Å²) >= 11 is 0. The third-order valence-electron chi connectivity index (χ3n) is 3.16. The zero-order valence-corrected chi connectivity index (χ0v) is 9.91. The van der Waals surface area contributed by atoms with Crippen LogP contribution in [0.25, 0.3) is 0 Å². The number of aromatic nitrogens is 2. The van der Waals surface area contributed by atoms with Gasteiger partial charge >= 0.3 is 5.82 Å². The number of anilines is 1. The number of hydrogen-bond acceptors (Lipinski definition) is 5. The summed E-state index contributed by atoms with van der Waals surface area (Å²) in [7, 11) is 3.55. The molecule has 1 aromatic heterocycles. The maximum Gasteiger partial charge on any atom is 0.406 e. The van der Waals surface area contributed by atoms with Crippen LogP contribution in [0.3, 0.4) is 0 Å². The van der Waals surface area contributed by atoms with Gasteiger partial charge in [-0.2, -0.15) is 0 Å². The highest BCUT2D eigenvalue weighted by atomic mass is 16.6. The minimum atomic E-state index is -0.471. The molecule has 0 atom stereocenters. The molecule has 0 radical (unpaired) electrons. The molecule has 0 bridgehead atoms. The van der Waals surface area contributed by atoms with E-state index in [0.717, 1.165) is 12.8 Å². The molecular formula is C10H16N4O3. The highest BCUT2D eigenvalue weighted by Gasteiger charge is 2.31. The molecule has 2 rings (SSSR count). The van der Waals surface area contributed by atoms with Crippen molar-refractivity contribution in [3.63, 3.8) is 0 Å². The summed E-state index contributed by atoms with van der Waals surface area (Å²) in [4.78, 5) is 16.0. The fraction of sp³-hybridized carbons (Fsp3) is 0.700. The van der Waals surface area contributed by atoms with E-state index in [0.29, 0.717) is 18.3 Å². The molecule has 0 unspecified atom stereocenters. The quantitative estimate of drug-likeness (QED) is 0.613. The van der Waals surface area contributed by atoms with Gasteiger partial charge in [-0.25, -0.2) is 0 Å². The maximum atomic E-state index is 10.8. The van der Waals surface area contributed by atoms with Crippen molar-refractivity contribution in [2.45, 2.75) is 18.9 Å². The van der Waals surface area contributed by atoms with Crippen molar-refractivity contribution < 1.29 is 10.0 Å². The first-order valence-corrected chi connectivity index (χ1v) is 5.54. The van der Waals surface area contributed by atoms with Gasteiger partial charge in [0, 0.05) is 20.6 Å². The molecule has 7 heteroatoms. The van der Waals surface area contributed by atoms with Crippen molar-refractivity contribution in [3.05, 3.63) is 16.4 Å². The standard InChI is InChI=1S/C10H16N4O3/c1-12(5-7-3-8(15)4-7)10-9(14(16)17)11-6-13(10)2/h6-8,15H,3-5H2,1-2H3. The largest absolute Gasteiger partial charge is 0.406 e. The lowest BCUT2D eigenvalue weighted by Crippen LogP contribution is -2.37. The van der Waals surface area contributed by atoms with E-state index in [4.69, 9.17) is 0 Å². The van der Waals surface area contributed by atoms with Crippen LogP contribution in [0.4, 0.5) is 11.6 Å². The van der Waals surface area contributed by atoms with Crippen molar-refractivity contribution in [2.75, 3.05) is 18.5 Å². The monoisotopic (exact) mass is 240 g/mol. The van der Waals surface area contributed by atoms with Crippen LogP contribution in [0.1, 0.15) is 12.8 Å². The van der Waals surface area contributed by atoms with E-state index in [9.17, 15) is 15.2 Å². The molecule has 0 aliphatic heterocycles. The second-order valence-electron chi connectivity index (χ2n) is 4.63. The highest BCUT2D eigenvalue weighted by molar-refractivity contribution is 5.54. The van der Waals surface area contributed by atoms with Crippen molar-refractivity contribution in [3.8, 4) is 0 Å². The molecule has 1 aromatic rings. The highest BCUT2D eigenvalue weighted by Crippen LogP contribution is 2.31. The molecule has 1 aliphatic carbocycles. The van der Waals surface area contributed by atoms with Gasteiger partial charge in [0.05, 0.1) is 6.10 Å². The van der Waals surface area contributed by atoms with Crippen molar-refractivity contribution >= 4 is 11.6 Å². The first-order chi connectivity index (χ1) is 7.99. The van der Waals surface area contributed by atoms with Crippen molar-refractivity contribution in [2.24, 2.45) is 13.0 Å². The summed E-state index contributed by atoms with van der Waals surface area (Å²) in [5.41, 5.74) is 0. The fourth-order valence-corrected chi connectivity index (χ4v) is 2.30. The second-order valence-corrected chi connectivity index (χ2v) is 4.63. The van der Waals surface area contributed by atoms with Crippen molar-refractivity contribution in [1.82, 2.24) is 9.55 Å². The molecule has 1 aliphatic rings. The molecule has 7 nitrogen and oxygen atoms in total. The van der Waals surface area contributed by atoms with E-state index in [2.05, 4.69) is 4.98 Å². The molecular weight excluding hydrogens is 224 g/mol. The SMILES string of the molecule is CN(CC1CC(O)C1)c1c([N+](=O)[O-])ncn1C. The normalized spacial score (nSPS) is 23.2. The Bertz CT molecular complexity index is 425. The molecule has 1 N–H and O–H groups in total. The molecule has 0 amide bonds. The van der Waals surface area contributed by atoms with E-state index < -0.39 is 4.92 Å². The Morgan fingerprint density at radius 3 is 2.88 bits per heavy atom. The minimum absolute atomic E-state index is 0.116. The number of nitro groups is 1. The van der Waals surface area contributed by atoms with Gasteiger partial charge in [0.15, 0.2) is 0 Å². The van der Waals surface area contributed by atoms with Crippen LogP contribution in [-0.4, -0.2) is 39.3 Å². The van der Waals surface area contributed by atoms with Crippen LogP contribution in [0.5, 0.6) is 0 Å². The average Bonchev–Trinajstić information content (AvgIpc) is 2.57. The van der Waals surface area contributed by atoms with Crippen molar-refractivity contribution in [1.29, 1.82) is 0 Å². The van der Waals surface area contributed by atoms with Gasteiger partial charge in [-0.15, -0.1) is 0 Å². The number of aliphatic hydroxyl groups is 1. The molecule has 94 valence electrons. The molecule has 0 spiro atoms. The van der Waals surface area contributed by atoms with E-state index in [1.165, 1.54) is 6.33 Å². The Labute approximate surface area is 98.8 Å². The van der Waals surface area contributed by atoms with E-state index in [-0.39, 0.29) is 11.9 Å². The Morgan fingerprint density at radius 2 is 2.35 bits per heavy atom. The van der Waals surface area contributed by atoms with Gasteiger partial charge in [-0.05, 0) is 28.7 Å². The van der Waals surface area contributed by atoms with Crippen LogP contribution >= 0.6 is 0 Å². The van der Waals surface area contributed by atoms with Crippen LogP contribution in [0, 0.1) is 16.0 Å². The number of rotatable bonds is 4. The number of hydrogen-bond donors (Lipinski definition) is 1. The van der Waals surface area contributed by atoms with Gasteiger partial charge in [0.2, 0.25) is 12.1 Å². The number of aliphatic hydroxyl groups excluding tert-OH is 1. The zero-order valence-electron chi connectivity index (χ0n) is 9.91. The Kier molecular flexibility index (Phi) is 3.01. The lowest BCUT2D eigenvalue weighted by molar-refractivity contribution is -0.388. The lowest BCUT2D eigenvalue weighted by Gasteiger charge is -2.34. The smallest absolute Gasteiger partial charge is 0.393 e. The van der Waals surface area contributed by atoms with Gasteiger partial charge < -0.3 is 20.1 Å². The first-order valence-electron chi connectivity index (χ1n) is 5.54. The van der Waals surface area contributed by atoms with Crippen LogP contribution < -0.4 is 4.90 Å². The summed E-state index contributed by atoms with van der Waals surface area (Å²) in [6.07, 6.45) is 2.79. The Morgan fingerprint density at radius 1 is 1.71 bits per heavy atom. The molecule has 0 saturated heterocycles. The van der Waals surface area contributed by atoms with Gasteiger partial charge in [0.25, 0.3) is 0 Å². The second kappa shape index (κ2) is 4.33. The Balaban J connectivity index is 2.10. The zero-order chi connectivity index (χ0) is 12.6. The minimum Gasteiger partial charge on any atom is -0.393 e. The summed E-state index contributed by atoms with van der Waals surface area (Å²) in [5.74, 6) is 0.802. The topological polar surface area (TPSA) is 84.4 Å². The molecule has 1 heterocycles. The van der Waals surface area contributed by atoms with Gasteiger partial charge in [-0.3, -0.25) is 4.57 Å². The first kappa shape index (κ1) is 11.8. The summed E-state index contributed by atoms with van der Waals surface area (Å²) < 4.78 is 1.65. The fourth-order valence-electron chi connectivity index (χ4n) is 2.30. The lowest BCUT2D eigenvalue weighted by atomic mass is 9.82. The molecule has 17 heavy (non-hydrogen) atoms. The van der Waals surface area contributed by atoms with E-state index >= 15 is 0 Å². The third-order valence-corrected chi connectivity index (χ3v) is 3.16. The van der Waals surface area contributed by atoms with Crippen LogP contribution in [0.15, 0.2) is 6.33 Å². The predicted octanol–water partition coefficient (Wildman–Crippen LogP) is 0.535. The summed E-state index contributed by atoms with van der Waals surface area (Å²) in [6, 6.07) is 0. The average molecular weight is 240 g/mol. The molecule has 1 fully saturated rings. The van der Waals surface area contributed by atoms with E-state index in [1.54, 1.807) is 11.6 Å². The third kappa shape index (κ3) is 2.23. The predicted molar refractivity (Wildman–Crippen MR) is 61.9 cm³/mol. The summed E-state index contributed by atoms with van der Waals surface area (Å²) in [5, 5.41) is 20.0. The molecule has 0 aromatic carbocycles. The van der Waals surface area contributed by atoms with E-state index in [1.807, 2.05) is 11.9 Å². The number of nitrogens with zero attached hydrogens (tertiary/aromatic N) is 4. The van der Waals surface area contributed by atoms with Gasteiger partial charge in [0.1, 0.15) is 0 Å². The number of imidazole rings is 1. The van der Waals surface area contributed by atoms with Gasteiger partial charge in [-0.1, -0.05) is 0 Å². The number of aryl methyl sites for hydroxylation is 1. The van der Waals surface area contributed by atoms with Crippen LogP contribution in [-0.2, 0) is 7.05 Å². The molecule has 1 saturated carbocycles. The maximum absolute atomic E-state index is 10.8. The summed E-state index contributed by atoms with van der Waals surface area (Å²) in [6.45, 7) is 0.706. The van der Waals surface area contributed by atoms with Crippen LogP contribution in [0.2, 0.25) is 0 Å². The Hall–Kier alpha value is -1.63.